The molecule has 3 aromatic rings. The van der Waals surface area contributed by atoms with E-state index in [0.717, 1.165) is 36.0 Å². The Kier molecular flexibility index (Phi) is 15.1. The highest BCUT2D eigenvalue weighted by molar-refractivity contribution is 5.33. The number of benzene rings is 3. The van der Waals surface area contributed by atoms with Crippen molar-refractivity contribution in [3.8, 4) is 17.2 Å². The summed E-state index contributed by atoms with van der Waals surface area (Å²) in [6.07, 6.45) is -1.83. The maximum atomic E-state index is 13.6. The largest absolute Gasteiger partial charge is 0.573 e. The van der Waals surface area contributed by atoms with E-state index >= 15 is 0 Å². The predicted octanol–water partition coefficient (Wildman–Crippen LogP) is 10.2. The van der Waals surface area contributed by atoms with Crippen LogP contribution in [-0.2, 0) is 6.42 Å². The standard InChI is InChI=1S/2C11H15FO.C10H11F3O/c1-4-13-11-6-5-9(8(2)3)7-10(11)12;1-4-8(2)9-6-5-7-10(13-3)11(9)12;1-2-3-8-4-6-9(7-5-8)14-10(11,12)13/h2*5-8H,4H2,1-3H3;4-7H,2-3H2,1H3. The monoisotopic (exact) mass is 568 g/mol. The summed E-state index contributed by atoms with van der Waals surface area (Å²) in [7, 11) is 1.48. The third kappa shape index (κ3) is 12.3. The summed E-state index contributed by atoms with van der Waals surface area (Å²) < 4.78 is 75.9. The first-order valence-corrected chi connectivity index (χ1v) is 13.5. The Morgan fingerprint density at radius 3 is 1.95 bits per heavy atom. The zero-order valence-electron chi connectivity index (χ0n) is 24.4. The highest BCUT2D eigenvalue weighted by Crippen LogP contribution is 2.28. The van der Waals surface area contributed by atoms with Gasteiger partial charge in [0.15, 0.2) is 23.1 Å². The van der Waals surface area contributed by atoms with Crippen molar-refractivity contribution in [2.75, 3.05) is 13.7 Å². The normalized spacial score (nSPS) is 11.5. The zero-order chi connectivity index (χ0) is 30.3. The predicted molar refractivity (Wildman–Crippen MR) is 150 cm³/mol. The van der Waals surface area contributed by atoms with Gasteiger partial charge in [0.1, 0.15) is 5.75 Å². The molecule has 222 valence electrons. The van der Waals surface area contributed by atoms with Gasteiger partial charge in [-0.2, -0.15) is 0 Å². The Balaban J connectivity index is 0.000000300. The Labute approximate surface area is 235 Å². The second-order valence-corrected chi connectivity index (χ2v) is 9.39. The number of hydrogen-bond donors (Lipinski definition) is 0. The molecule has 0 N–H and O–H groups in total. The Morgan fingerprint density at radius 2 is 1.48 bits per heavy atom. The number of rotatable bonds is 9. The van der Waals surface area contributed by atoms with Gasteiger partial charge in [0.05, 0.1) is 13.7 Å². The van der Waals surface area contributed by atoms with Gasteiger partial charge in [-0.05, 0) is 78.6 Å². The minimum Gasteiger partial charge on any atom is -0.494 e. The van der Waals surface area contributed by atoms with Gasteiger partial charge in [-0.3, -0.25) is 0 Å². The first kappa shape index (κ1) is 34.7. The van der Waals surface area contributed by atoms with Crippen LogP contribution in [0, 0.1) is 11.6 Å². The van der Waals surface area contributed by atoms with Crippen molar-refractivity contribution in [3.63, 3.8) is 0 Å². The van der Waals surface area contributed by atoms with Crippen LogP contribution in [0.25, 0.3) is 0 Å². The lowest BCUT2D eigenvalue weighted by molar-refractivity contribution is -0.274. The molecule has 0 saturated carbocycles. The molecule has 40 heavy (non-hydrogen) atoms. The summed E-state index contributed by atoms with van der Waals surface area (Å²) in [5.41, 5.74) is 2.75. The first-order chi connectivity index (χ1) is 18.9. The number of hydrogen-bond acceptors (Lipinski definition) is 3. The van der Waals surface area contributed by atoms with E-state index in [2.05, 4.69) is 4.74 Å². The van der Waals surface area contributed by atoms with E-state index in [-0.39, 0.29) is 23.3 Å². The van der Waals surface area contributed by atoms with Crippen LogP contribution in [0.5, 0.6) is 17.2 Å². The molecular weight excluding hydrogens is 527 g/mol. The molecule has 3 nitrogen and oxygen atoms in total. The van der Waals surface area contributed by atoms with Crippen LogP contribution in [0.1, 0.15) is 82.9 Å². The smallest absolute Gasteiger partial charge is 0.494 e. The van der Waals surface area contributed by atoms with E-state index < -0.39 is 6.36 Å². The molecule has 0 aromatic heterocycles. The number of aryl methyl sites for hydroxylation is 1. The molecule has 0 aliphatic carbocycles. The summed E-state index contributed by atoms with van der Waals surface area (Å²) in [5, 5.41) is 0. The molecule has 0 aliphatic heterocycles. The second kappa shape index (κ2) is 17.4. The molecule has 8 heteroatoms. The fourth-order valence-corrected chi connectivity index (χ4v) is 3.58. The van der Waals surface area contributed by atoms with E-state index in [9.17, 15) is 22.0 Å². The van der Waals surface area contributed by atoms with Crippen molar-refractivity contribution in [2.45, 2.75) is 79.0 Å². The van der Waals surface area contributed by atoms with Crippen LogP contribution in [-0.4, -0.2) is 20.1 Å². The van der Waals surface area contributed by atoms with Gasteiger partial charge in [0.2, 0.25) is 0 Å². The third-order valence-corrected chi connectivity index (χ3v) is 5.97. The number of halogens is 5. The summed E-state index contributed by atoms with van der Waals surface area (Å²) in [6, 6.07) is 16.4. The van der Waals surface area contributed by atoms with Crippen LogP contribution in [0.3, 0.4) is 0 Å². The molecule has 0 fully saturated rings. The van der Waals surface area contributed by atoms with E-state index in [1.54, 1.807) is 24.3 Å². The van der Waals surface area contributed by atoms with Crippen molar-refractivity contribution < 1.29 is 36.2 Å². The number of methoxy groups -OCH3 is 1. The summed E-state index contributed by atoms with van der Waals surface area (Å²) in [5.74, 6) is 0.606. The number of alkyl halides is 3. The van der Waals surface area contributed by atoms with Gasteiger partial charge in [0.25, 0.3) is 0 Å². The molecule has 1 unspecified atom stereocenters. The molecule has 0 spiro atoms. The van der Waals surface area contributed by atoms with Gasteiger partial charge >= 0.3 is 6.36 Å². The van der Waals surface area contributed by atoms with Gasteiger partial charge < -0.3 is 14.2 Å². The van der Waals surface area contributed by atoms with E-state index in [4.69, 9.17) is 9.47 Å². The average Bonchev–Trinajstić information content (AvgIpc) is 2.91. The van der Waals surface area contributed by atoms with Crippen LogP contribution in [0.4, 0.5) is 22.0 Å². The fourth-order valence-electron chi connectivity index (χ4n) is 3.58. The van der Waals surface area contributed by atoms with Crippen LogP contribution in [0.2, 0.25) is 0 Å². The van der Waals surface area contributed by atoms with Crippen molar-refractivity contribution >= 4 is 0 Å². The molecule has 1 atom stereocenters. The molecule has 0 heterocycles. The Bertz CT molecular complexity index is 1130. The van der Waals surface area contributed by atoms with Gasteiger partial charge in [-0.15, -0.1) is 13.2 Å². The molecule has 0 amide bonds. The molecule has 0 bridgehead atoms. The van der Waals surface area contributed by atoms with E-state index in [0.29, 0.717) is 24.0 Å². The quantitative estimate of drug-likeness (QED) is 0.240. The van der Waals surface area contributed by atoms with Crippen LogP contribution in [0.15, 0.2) is 60.7 Å². The van der Waals surface area contributed by atoms with Crippen LogP contribution >= 0.6 is 0 Å². The Morgan fingerprint density at radius 1 is 0.825 bits per heavy atom. The first-order valence-electron chi connectivity index (χ1n) is 13.5. The molecule has 0 aliphatic rings. The maximum Gasteiger partial charge on any atom is 0.573 e. The lowest BCUT2D eigenvalue weighted by Crippen LogP contribution is -2.16. The zero-order valence-corrected chi connectivity index (χ0v) is 24.4. The van der Waals surface area contributed by atoms with Gasteiger partial charge in [0, 0.05) is 0 Å². The summed E-state index contributed by atoms with van der Waals surface area (Å²) in [6.45, 7) is 12.5. The highest BCUT2D eigenvalue weighted by atomic mass is 19.4. The maximum absolute atomic E-state index is 13.6. The summed E-state index contributed by atoms with van der Waals surface area (Å²) >= 11 is 0. The van der Waals surface area contributed by atoms with Gasteiger partial charge in [-0.1, -0.05) is 71.4 Å². The fraction of sp³-hybridized carbons (Fsp3) is 0.438. The number of ether oxygens (including phenoxy) is 3. The highest BCUT2D eigenvalue weighted by Gasteiger charge is 2.30. The molecule has 3 rings (SSSR count). The van der Waals surface area contributed by atoms with Crippen LogP contribution < -0.4 is 14.2 Å². The van der Waals surface area contributed by atoms with Crippen molar-refractivity contribution in [2.24, 2.45) is 0 Å². The lowest BCUT2D eigenvalue weighted by atomic mass is 9.98. The van der Waals surface area contributed by atoms with Crippen molar-refractivity contribution in [1.82, 2.24) is 0 Å². The third-order valence-electron chi connectivity index (χ3n) is 5.97. The summed E-state index contributed by atoms with van der Waals surface area (Å²) in [4.78, 5) is 0. The minimum absolute atomic E-state index is 0.169. The van der Waals surface area contributed by atoms with E-state index in [1.165, 1.54) is 25.3 Å². The minimum atomic E-state index is -4.60. The molecule has 0 radical (unpaired) electrons. The molecule has 0 saturated heterocycles. The van der Waals surface area contributed by atoms with E-state index in [1.807, 2.05) is 59.7 Å². The molecule has 3 aromatic carbocycles. The molecular formula is C32H41F5O3. The second-order valence-electron chi connectivity index (χ2n) is 9.39. The SMILES string of the molecule is CCC(C)c1cccc(OC)c1F.CCCc1ccc(OC(F)(F)F)cc1.CCOc1ccc(C(C)C)cc1F. The van der Waals surface area contributed by atoms with Gasteiger partial charge in [-0.25, -0.2) is 8.78 Å². The average molecular weight is 569 g/mol. The van der Waals surface area contributed by atoms with Crippen molar-refractivity contribution in [3.05, 3.63) is 89.0 Å². The lowest BCUT2D eigenvalue weighted by Gasteiger charge is -2.11. The topological polar surface area (TPSA) is 27.7 Å². The van der Waals surface area contributed by atoms with Crippen molar-refractivity contribution in [1.29, 1.82) is 0 Å². The Hall–Kier alpha value is -3.29.